The molecule has 2 heterocycles. The lowest BCUT2D eigenvalue weighted by Crippen LogP contribution is -2.24. The van der Waals surface area contributed by atoms with Gasteiger partial charge in [-0.25, -0.2) is 4.98 Å². The molecule has 1 fully saturated rings. The first-order valence-corrected chi connectivity index (χ1v) is 7.06. The third-order valence-electron chi connectivity index (χ3n) is 2.97. The second-order valence-corrected chi connectivity index (χ2v) is 5.40. The van der Waals surface area contributed by atoms with Crippen molar-refractivity contribution in [1.82, 2.24) is 15.2 Å². The van der Waals surface area contributed by atoms with Gasteiger partial charge in [-0.3, -0.25) is 0 Å². The van der Waals surface area contributed by atoms with Crippen LogP contribution in [0.2, 0.25) is 0 Å². The van der Waals surface area contributed by atoms with Crippen LogP contribution in [-0.4, -0.2) is 36.1 Å². The lowest BCUT2D eigenvalue weighted by molar-refractivity contribution is 0.331. The van der Waals surface area contributed by atoms with Crippen LogP contribution in [0.1, 0.15) is 30.0 Å². The lowest BCUT2D eigenvalue weighted by atomic mass is 10.4. The molecule has 0 radical (unpaired) electrons. The largest absolute Gasteiger partial charge is 0.310 e. The summed E-state index contributed by atoms with van der Waals surface area (Å²) in [5, 5.41) is 6.78. The summed E-state index contributed by atoms with van der Waals surface area (Å²) in [5.74, 6) is 0. The van der Waals surface area contributed by atoms with Crippen LogP contribution in [0.3, 0.4) is 0 Å². The Hall–Kier alpha value is -0.450. The van der Waals surface area contributed by atoms with Crippen LogP contribution in [0.5, 0.6) is 0 Å². The average Bonchev–Trinajstić information content (AvgIpc) is 2.89. The first kappa shape index (κ1) is 12.0. The van der Waals surface area contributed by atoms with Crippen molar-refractivity contribution >= 4 is 11.3 Å². The van der Waals surface area contributed by atoms with Gasteiger partial charge >= 0.3 is 0 Å². The molecule has 0 aromatic carbocycles. The quantitative estimate of drug-likeness (QED) is 0.770. The van der Waals surface area contributed by atoms with Crippen molar-refractivity contribution in [3.63, 3.8) is 0 Å². The second kappa shape index (κ2) is 6.33. The summed E-state index contributed by atoms with van der Waals surface area (Å²) in [5.41, 5.74) is 1.14. The maximum atomic E-state index is 4.43. The number of nitrogens with zero attached hydrogens (tertiary/aromatic N) is 2. The number of aryl methyl sites for hydroxylation is 1. The zero-order chi connectivity index (χ0) is 11.2. The predicted octanol–water partition coefficient (Wildman–Crippen LogP) is 2.03. The zero-order valence-corrected chi connectivity index (χ0v) is 10.9. The smallest absolute Gasteiger partial charge is 0.107 e. The van der Waals surface area contributed by atoms with Gasteiger partial charge in [-0.2, -0.15) is 0 Å². The Bertz CT molecular complexity index is 305. The molecule has 2 rings (SSSR count). The third kappa shape index (κ3) is 3.85. The predicted molar refractivity (Wildman–Crippen MR) is 68.8 cm³/mol. The van der Waals surface area contributed by atoms with Crippen molar-refractivity contribution in [2.24, 2.45) is 0 Å². The maximum Gasteiger partial charge on any atom is 0.107 e. The third-order valence-corrected chi connectivity index (χ3v) is 3.94. The summed E-state index contributed by atoms with van der Waals surface area (Å²) in [7, 11) is 0. The Balaban J connectivity index is 1.51. The van der Waals surface area contributed by atoms with Crippen molar-refractivity contribution in [3.05, 3.63) is 16.1 Å². The number of aromatic nitrogens is 1. The van der Waals surface area contributed by atoms with Crippen molar-refractivity contribution in [3.8, 4) is 0 Å². The molecule has 1 N–H and O–H groups in total. The van der Waals surface area contributed by atoms with E-state index in [0.29, 0.717) is 0 Å². The van der Waals surface area contributed by atoms with Gasteiger partial charge in [0.25, 0.3) is 0 Å². The van der Waals surface area contributed by atoms with Crippen LogP contribution in [0.25, 0.3) is 0 Å². The van der Waals surface area contributed by atoms with E-state index in [4.69, 9.17) is 0 Å². The first-order valence-electron chi connectivity index (χ1n) is 6.19. The molecule has 16 heavy (non-hydrogen) atoms. The number of nitrogens with one attached hydrogen (secondary N) is 1. The Morgan fingerprint density at radius 2 is 2.25 bits per heavy atom. The Labute approximate surface area is 102 Å². The van der Waals surface area contributed by atoms with Gasteiger partial charge in [-0.05, 0) is 52.4 Å². The molecule has 3 nitrogen and oxygen atoms in total. The summed E-state index contributed by atoms with van der Waals surface area (Å²) < 4.78 is 0. The molecule has 0 saturated carbocycles. The molecule has 90 valence electrons. The van der Waals surface area contributed by atoms with Gasteiger partial charge in [0.05, 0.1) is 0 Å². The minimum absolute atomic E-state index is 0.929. The SMILES string of the molecule is Cc1csc(CNCCCN2CCCC2)n1. The molecule has 0 atom stereocenters. The standard InChI is InChI=1S/C12H21N3S/c1-11-10-16-12(14-11)9-13-5-4-8-15-6-2-3-7-15/h10,13H,2-9H2,1H3. The average molecular weight is 239 g/mol. The van der Waals surface area contributed by atoms with E-state index in [0.717, 1.165) is 18.8 Å². The molecular weight excluding hydrogens is 218 g/mol. The highest BCUT2D eigenvalue weighted by molar-refractivity contribution is 7.09. The molecule has 1 aliphatic heterocycles. The minimum atomic E-state index is 0.929. The van der Waals surface area contributed by atoms with E-state index in [-0.39, 0.29) is 0 Å². The van der Waals surface area contributed by atoms with Gasteiger partial charge in [0.15, 0.2) is 0 Å². The lowest BCUT2D eigenvalue weighted by Gasteiger charge is -2.13. The molecule has 0 amide bonds. The monoisotopic (exact) mass is 239 g/mol. The van der Waals surface area contributed by atoms with E-state index < -0.39 is 0 Å². The fraction of sp³-hybridized carbons (Fsp3) is 0.750. The van der Waals surface area contributed by atoms with E-state index in [2.05, 4.69) is 20.6 Å². The normalized spacial score (nSPS) is 17.1. The molecule has 4 heteroatoms. The molecule has 0 aliphatic carbocycles. The molecule has 0 unspecified atom stereocenters. The molecule has 1 aliphatic rings. The van der Waals surface area contributed by atoms with E-state index >= 15 is 0 Å². The highest BCUT2D eigenvalue weighted by Gasteiger charge is 2.09. The summed E-state index contributed by atoms with van der Waals surface area (Å²) in [4.78, 5) is 7.00. The molecule has 1 aromatic rings. The molecular formula is C12H21N3S. The van der Waals surface area contributed by atoms with Gasteiger partial charge in [0, 0.05) is 17.6 Å². The van der Waals surface area contributed by atoms with E-state index in [1.807, 2.05) is 6.92 Å². The molecule has 0 spiro atoms. The van der Waals surface area contributed by atoms with Gasteiger partial charge in [0.1, 0.15) is 5.01 Å². The molecule has 1 saturated heterocycles. The summed E-state index contributed by atoms with van der Waals surface area (Å²) in [6.45, 7) is 7.96. The number of rotatable bonds is 6. The van der Waals surface area contributed by atoms with Crippen molar-refractivity contribution in [2.75, 3.05) is 26.2 Å². The summed E-state index contributed by atoms with van der Waals surface area (Å²) in [6, 6.07) is 0. The zero-order valence-electron chi connectivity index (χ0n) is 10.0. The summed E-state index contributed by atoms with van der Waals surface area (Å²) in [6.07, 6.45) is 4.04. The number of hydrogen-bond donors (Lipinski definition) is 1. The van der Waals surface area contributed by atoms with Gasteiger partial charge in [-0.1, -0.05) is 0 Å². The van der Waals surface area contributed by atoms with Crippen LogP contribution < -0.4 is 5.32 Å². The van der Waals surface area contributed by atoms with Crippen molar-refractivity contribution < 1.29 is 0 Å². The highest BCUT2D eigenvalue weighted by atomic mass is 32.1. The summed E-state index contributed by atoms with van der Waals surface area (Å²) >= 11 is 1.75. The minimum Gasteiger partial charge on any atom is -0.310 e. The first-order chi connectivity index (χ1) is 7.84. The van der Waals surface area contributed by atoms with Crippen LogP contribution in [0.4, 0.5) is 0 Å². The van der Waals surface area contributed by atoms with Crippen LogP contribution in [0.15, 0.2) is 5.38 Å². The number of likely N-dealkylation sites (tertiary alicyclic amines) is 1. The maximum absolute atomic E-state index is 4.43. The van der Waals surface area contributed by atoms with Crippen LogP contribution >= 0.6 is 11.3 Å². The topological polar surface area (TPSA) is 28.2 Å². The van der Waals surface area contributed by atoms with Crippen LogP contribution in [0, 0.1) is 6.92 Å². The van der Waals surface area contributed by atoms with E-state index in [9.17, 15) is 0 Å². The Kier molecular flexibility index (Phi) is 4.75. The second-order valence-electron chi connectivity index (χ2n) is 4.46. The van der Waals surface area contributed by atoms with Gasteiger partial charge in [0.2, 0.25) is 0 Å². The fourth-order valence-electron chi connectivity index (χ4n) is 2.11. The fourth-order valence-corrected chi connectivity index (χ4v) is 2.85. The Morgan fingerprint density at radius 3 is 2.94 bits per heavy atom. The van der Waals surface area contributed by atoms with Crippen molar-refractivity contribution in [1.29, 1.82) is 0 Å². The van der Waals surface area contributed by atoms with Crippen molar-refractivity contribution in [2.45, 2.75) is 32.7 Å². The molecule has 1 aromatic heterocycles. The van der Waals surface area contributed by atoms with Crippen LogP contribution in [-0.2, 0) is 6.54 Å². The Morgan fingerprint density at radius 1 is 1.44 bits per heavy atom. The highest BCUT2D eigenvalue weighted by Crippen LogP contribution is 2.08. The number of thiazole rings is 1. The van der Waals surface area contributed by atoms with E-state index in [1.54, 1.807) is 11.3 Å². The van der Waals surface area contributed by atoms with Gasteiger partial charge in [-0.15, -0.1) is 11.3 Å². The molecule has 0 bridgehead atoms. The number of hydrogen-bond acceptors (Lipinski definition) is 4. The van der Waals surface area contributed by atoms with Gasteiger partial charge < -0.3 is 10.2 Å². The van der Waals surface area contributed by atoms with E-state index in [1.165, 1.54) is 43.9 Å².